The Balaban J connectivity index is 1.57. The van der Waals surface area contributed by atoms with Gasteiger partial charge in [-0.2, -0.15) is 0 Å². The summed E-state index contributed by atoms with van der Waals surface area (Å²) in [6.45, 7) is 2.62. The summed E-state index contributed by atoms with van der Waals surface area (Å²) < 4.78 is 10.6. The highest BCUT2D eigenvalue weighted by atomic mass is 16.7. The molecule has 2 aliphatic heterocycles. The molecule has 0 spiro atoms. The molecule has 1 aromatic rings. The summed E-state index contributed by atoms with van der Waals surface area (Å²) in [5, 5.41) is 5.34. The number of hydrogen-bond donors (Lipinski definition) is 2. The molecule has 3 rings (SSSR count). The zero-order chi connectivity index (χ0) is 17.1. The summed E-state index contributed by atoms with van der Waals surface area (Å²) in [7, 11) is 0. The van der Waals surface area contributed by atoms with E-state index in [1.54, 1.807) is 23.1 Å². The normalized spacial score (nSPS) is 18.6. The number of carbonyl (C=O) groups excluding carboxylic acids is 3. The molecular weight excluding hydrogens is 314 g/mol. The number of ether oxygens (including phenoxy) is 2. The van der Waals surface area contributed by atoms with Gasteiger partial charge in [-0.05, 0) is 12.1 Å². The van der Waals surface area contributed by atoms with Crippen molar-refractivity contribution in [3.05, 3.63) is 18.2 Å². The highest BCUT2D eigenvalue weighted by Crippen LogP contribution is 2.37. The van der Waals surface area contributed by atoms with Gasteiger partial charge >= 0.3 is 0 Å². The Morgan fingerprint density at radius 1 is 1.21 bits per heavy atom. The minimum atomic E-state index is -0.403. The van der Waals surface area contributed by atoms with Gasteiger partial charge in [0.25, 0.3) is 0 Å². The van der Waals surface area contributed by atoms with Gasteiger partial charge in [-0.3, -0.25) is 14.4 Å². The van der Waals surface area contributed by atoms with Crippen molar-refractivity contribution in [3.63, 3.8) is 0 Å². The molecule has 1 aromatic carbocycles. The number of nitrogens with zero attached hydrogens (tertiary/aromatic N) is 1. The molecule has 0 radical (unpaired) electrons. The standard InChI is InChI=1S/C16H19N3O5/c1-10(20)17-4-5-18-16(22)11-6-15(21)19(8-11)12-2-3-13-14(7-12)24-9-23-13/h2-3,7,11H,4-6,8-9H2,1H3,(H,17,20)(H,18,22). The number of nitrogens with one attached hydrogen (secondary N) is 2. The lowest BCUT2D eigenvalue weighted by Gasteiger charge is -2.17. The molecule has 2 aliphatic rings. The molecule has 1 unspecified atom stereocenters. The maximum absolute atomic E-state index is 12.2. The van der Waals surface area contributed by atoms with Crippen molar-refractivity contribution in [2.24, 2.45) is 5.92 Å². The van der Waals surface area contributed by atoms with Crippen LogP contribution in [0.25, 0.3) is 0 Å². The summed E-state index contributed by atoms with van der Waals surface area (Å²) >= 11 is 0. The third-order valence-electron chi connectivity index (χ3n) is 3.96. The van der Waals surface area contributed by atoms with Crippen LogP contribution in [0.1, 0.15) is 13.3 Å². The Kier molecular flexibility index (Phi) is 4.54. The second-order valence-corrected chi connectivity index (χ2v) is 5.72. The van der Waals surface area contributed by atoms with E-state index in [2.05, 4.69) is 10.6 Å². The average Bonchev–Trinajstić information content (AvgIpc) is 3.16. The third-order valence-corrected chi connectivity index (χ3v) is 3.96. The number of fused-ring (bicyclic) bond motifs is 1. The van der Waals surface area contributed by atoms with Crippen LogP contribution >= 0.6 is 0 Å². The van der Waals surface area contributed by atoms with Gasteiger partial charge < -0.3 is 25.0 Å². The minimum Gasteiger partial charge on any atom is -0.454 e. The molecule has 2 N–H and O–H groups in total. The molecule has 0 aliphatic carbocycles. The first-order chi connectivity index (χ1) is 11.5. The molecule has 8 heteroatoms. The van der Waals surface area contributed by atoms with Crippen molar-refractivity contribution in [2.75, 3.05) is 31.3 Å². The molecule has 0 aromatic heterocycles. The van der Waals surface area contributed by atoms with E-state index < -0.39 is 5.92 Å². The van der Waals surface area contributed by atoms with E-state index in [4.69, 9.17) is 9.47 Å². The number of carbonyl (C=O) groups is 3. The van der Waals surface area contributed by atoms with Crippen LogP contribution in [-0.2, 0) is 14.4 Å². The number of rotatable bonds is 5. The van der Waals surface area contributed by atoms with Crippen LogP contribution in [0.3, 0.4) is 0 Å². The van der Waals surface area contributed by atoms with Gasteiger partial charge in [0.2, 0.25) is 24.5 Å². The first-order valence-corrected chi connectivity index (χ1v) is 7.77. The van der Waals surface area contributed by atoms with Crippen LogP contribution in [0.2, 0.25) is 0 Å². The highest BCUT2D eigenvalue weighted by molar-refractivity contribution is 6.00. The number of anilines is 1. The first-order valence-electron chi connectivity index (χ1n) is 7.77. The van der Waals surface area contributed by atoms with Crippen LogP contribution in [0, 0.1) is 5.92 Å². The first kappa shape index (κ1) is 16.1. The Morgan fingerprint density at radius 3 is 2.75 bits per heavy atom. The molecule has 1 saturated heterocycles. The van der Waals surface area contributed by atoms with E-state index in [-0.39, 0.29) is 30.9 Å². The quantitative estimate of drug-likeness (QED) is 0.741. The number of hydrogen-bond acceptors (Lipinski definition) is 5. The summed E-state index contributed by atoms with van der Waals surface area (Å²) in [4.78, 5) is 36.7. The van der Waals surface area contributed by atoms with E-state index in [1.807, 2.05) is 0 Å². The molecule has 2 heterocycles. The lowest BCUT2D eigenvalue weighted by Crippen LogP contribution is -2.37. The van der Waals surface area contributed by atoms with E-state index in [9.17, 15) is 14.4 Å². The minimum absolute atomic E-state index is 0.101. The van der Waals surface area contributed by atoms with Gasteiger partial charge in [-0.1, -0.05) is 0 Å². The van der Waals surface area contributed by atoms with E-state index in [1.165, 1.54) is 6.92 Å². The largest absolute Gasteiger partial charge is 0.454 e. The van der Waals surface area contributed by atoms with Crippen molar-refractivity contribution < 1.29 is 23.9 Å². The molecule has 3 amide bonds. The van der Waals surface area contributed by atoms with Crippen LogP contribution < -0.4 is 25.0 Å². The highest BCUT2D eigenvalue weighted by Gasteiger charge is 2.35. The Bertz CT molecular complexity index is 676. The molecule has 8 nitrogen and oxygen atoms in total. The van der Waals surface area contributed by atoms with E-state index in [0.717, 1.165) is 0 Å². The molecule has 0 saturated carbocycles. The fraction of sp³-hybridized carbons (Fsp3) is 0.438. The third kappa shape index (κ3) is 3.42. The van der Waals surface area contributed by atoms with Crippen molar-refractivity contribution in [2.45, 2.75) is 13.3 Å². The smallest absolute Gasteiger partial charge is 0.231 e. The maximum Gasteiger partial charge on any atom is 0.231 e. The summed E-state index contributed by atoms with van der Waals surface area (Å²) in [5.41, 5.74) is 0.692. The predicted octanol–water partition coefficient (Wildman–Crippen LogP) is 0.0205. The maximum atomic E-state index is 12.2. The molecular formula is C16H19N3O5. The fourth-order valence-corrected chi connectivity index (χ4v) is 2.75. The summed E-state index contributed by atoms with van der Waals surface area (Å²) in [6, 6.07) is 5.28. The van der Waals surface area contributed by atoms with Gasteiger partial charge in [0, 0.05) is 44.7 Å². The van der Waals surface area contributed by atoms with Crippen LogP contribution in [0.15, 0.2) is 18.2 Å². The Morgan fingerprint density at radius 2 is 1.96 bits per heavy atom. The SMILES string of the molecule is CC(=O)NCCNC(=O)C1CC(=O)N(c2ccc3c(c2)OCO3)C1. The number of benzene rings is 1. The summed E-state index contributed by atoms with van der Waals surface area (Å²) in [6.07, 6.45) is 0.167. The van der Waals surface area contributed by atoms with Crippen molar-refractivity contribution in [1.82, 2.24) is 10.6 Å². The van der Waals surface area contributed by atoms with Gasteiger partial charge in [0.15, 0.2) is 11.5 Å². The van der Waals surface area contributed by atoms with Gasteiger partial charge in [0.1, 0.15) is 0 Å². The van der Waals surface area contributed by atoms with Crippen molar-refractivity contribution >= 4 is 23.4 Å². The zero-order valence-electron chi connectivity index (χ0n) is 13.3. The van der Waals surface area contributed by atoms with Gasteiger partial charge in [-0.25, -0.2) is 0 Å². The van der Waals surface area contributed by atoms with Crippen LogP contribution in [0.4, 0.5) is 5.69 Å². The Labute approximate surface area is 139 Å². The molecule has 1 fully saturated rings. The van der Waals surface area contributed by atoms with E-state index >= 15 is 0 Å². The van der Waals surface area contributed by atoms with Gasteiger partial charge in [0.05, 0.1) is 5.92 Å². The van der Waals surface area contributed by atoms with E-state index in [0.29, 0.717) is 36.8 Å². The van der Waals surface area contributed by atoms with Crippen molar-refractivity contribution in [1.29, 1.82) is 0 Å². The Hall–Kier alpha value is -2.77. The van der Waals surface area contributed by atoms with Crippen molar-refractivity contribution in [3.8, 4) is 11.5 Å². The topological polar surface area (TPSA) is 97.0 Å². The average molecular weight is 333 g/mol. The lowest BCUT2D eigenvalue weighted by molar-refractivity contribution is -0.126. The fourth-order valence-electron chi connectivity index (χ4n) is 2.75. The second kappa shape index (κ2) is 6.77. The monoisotopic (exact) mass is 333 g/mol. The molecule has 1 atom stereocenters. The van der Waals surface area contributed by atoms with Crippen LogP contribution in [0.5, 0.6) is 11.5 Å². The zero-order valence-corrected chi connectivity index (χ0v) is 13.3. The molecule has 24 heavy (non-hydrogen) atoms. The molecule has 0 bridgehead atoms. The molecule has 128 valence electrons. The lowest BCUT2D eigenvalue weighted by atomic mass is 10.1. The van der Waals surface area contributed by atoms with Crippen LogP contribution in [-0.4, -0.2) is 44.1 Å². The number of amides is 3. The summed E-state index contributed by atoms with van der Waals surface area (Å²) in [5.74, 6) is 0.420. The predicted molar refractivity (Wildman–Crippen MR) is 84.7 cm³/mol. The second-order valence-electron chi connectivity index (χ2n) is 5.72. The van der Waals surface area contributed by atoms with Gasteiger partial charge in [-0.15, -0.1) is 0 Å².